The van der Waals surface area contributed by atoms with E-state index in [4.69, 9.17) is 23.8 Å². The van der Waals surface area contributed by atoms with Crippen molar-refractivity contribution in [1.29, 1.82) is 0 Å². The Bertz CT molecular complexity index is 717. The van der Waals surface area contributed by atoms with Gasteiger partial charge in [-0.2, -0.15) is 0 Å². The third kappa shape index (κ3) is 9.56. The van der Waals surface area contributed by atoms with Crippen LogP contribution in [-0.2, 0) is 37.3 Å². The second-order valence-corrected chi connectivity index (χ2v) is 10.2. The number of phosphoric ester groups is 1. The zero-order chi connectivity index (χ0) is 23.7. The number of phosphoric acid groups is 1. The Labute approximate surface area is 184 Å². The summed E-state index contributed by atoms with van der Waals surface area (Å²) in [6.07, 6.45) is -1.64. The lowest BCUT2D eigenvalue weighted by Crippen LogP contribution is -2.50. The van der Waals surface area contributed by atoms with Gasteiger partial charge in [0.1, 0.15) is 5.25 Å². The van der Waals surface area contributed by atoms with E-state index in [2.05, 4.69) is 10.6 Å². The van der Waals surface area contributed by atoms with Crippen LogP contribution in [0.5, 0.6) is 0 Å². The number of carbonyl (C=O) groups is 4. The normalized spacial score (nSPS) is 23.5. The van der Waals surface area contributed by atoms with E-state index in [-0.39, 0.29) is 44.4 Å². The minimum Gasteiger partial charge on any atom is -0.481 e. The van der Waals surface area contributed by atoms with Crippen molar-refractivity contribution in [2.75, 3.05) is 32.1 Å². The molecule has 31 heavy (non-hydrogen) atoms. The molecule has 0 bridgehead atoms. The van der Waals surface area contributed by atoms with E-state index in [1.54, 1.807) is 20.8 Å². The first-order chi connectivity index (χ1) is 14.4. The smallest absolute Gasteiger partial charge is 0.475 e. The zero-order valence-corrected chi connectivity index (χ0v) is 19.3. The van der Waals surface area contributed by atoms with Crippen LogP contribution in [0.1, 0.15) is 33.6 Å². The number of thioether (sulfide) groups is 1. The molecule has 0 aromatic carbocycles. The molecule has 2 unspecified atom stereocenters. The first kappa shape index (κ1) is 27.4. The van der Waals surface area contributed by atoms with E-state index in [9.17, 15) is 23.7 Å². The van der Waals surface area contributed by atoms with Crippen molar-refractivity contribution >= 4 is 43.3 Å². The van der Waals surface area contributed by atoms with E-state index >= 15 is 0 Å². The quantitative estimate of drug-likeness (QED) is 0.215. The van der Waals surface area contributed by atoms with Crippen LogP contribution in [0.15, 0.2) is 0 Å². The Morgan fingerprint density at radius 1 is 1.23 bits per heavy atom. The van der Waals surface area contributed by atoms with Crippen LogP contribution in [0, 0.1) is 5.41 Å². The summed E-state index contributed by atoms with van der Waals surface area (Å²) < 4.78 is 27.8. The van der Waals surface area contributed by atoms with E-state index in [0.29, 0.717) is 0 Å². The number of aliphatic carboxylic acids is 2. The second kappa shape index (κ2) is 12.4. The molecule has 2 amide bonds. The van der Waals surface area contributed by atoms with Crippen molar-refractivity contribution in [3.05, 3.63) is 0 Å². The van der Waals surface area contributed by atoms with Gasteiger partial charge in [0.25, 0.3) is 0 Å². The van der Waals surface area contributed by atoms with Gasteiger partial charge in [0.05, 0.1) is 19.6 Å². The predicted molar refractivity (Wildman–Crippen MR) is 111 cm³/mol. The SMILES string of the molecule is CCOP1(=O)OCC(C)(C)[C@H](C(=O)NCCC(=O)NCCSC(CC(=O)O)C(=O)O)O1. The maximum Gasteiger partial charge on any atom is 0.475 e. The van der Waals surface area contributed by atoms with Gasteiger partial charge in [0.15, 0.2) is 6.10 Å². The van der Waals surface area contributed by atoms with Crippen LogP contribution < -0.4 is 10.6 Å². The molecule has 14 heteroatoms. The first-order valence-electron chi connectivity index (χ1n) is 9.58. The number of nitrogens with one attached hydrogen (secondary N) is 2. The standard InChI is InChI=1S/C17H29N2O10PS/c1-4-27-30(26)28-10-17(2,3)14(29-30)15(23)19-6-5-12(20)18-7-8-31-11(16(24)25)9-13(21)22/h11,14H,4-10H2,1-3H3,(H,18,20)(H,19,23)(H,21,22)(H,24,25)/t11?,14-,30?/m0/s1. The van der Waals surface area contributed by atoms with Gasteiger partial charge in [-0.25, -0.2) is 4.57 Å². The van der Waals surface area contributed by atoms with Crippen LogP contribution in [0.3, 0.4) is 0 Å². The van der Waals surface area contributed by atoms with Gasteiger partial charge >= 0.3 is 19.8 Å². The van der Waals surface area contributed by atoms with Crippen LogP contribution in [0.2, 0.25) is 0 Å². The van der Waals surface area contributed by atoms with Gasteiger partial charge in [-0.05, 0) is 6.92 Å². The van der Waals surface area contributed by atoms with Crippen molar-refractivity contribution in [1.82, 2.24) is 10.6 Å². The highest BCUT2D eigenvalue weighted by molar-refractivity contribution is 8.00. The number of hydrogen-bond donors (Lipinski definition) is 4. The fourth-order valence-electron chi connectivity index (χ4n) is 2.50. The molecule has 4 N–H and O–H groups in total. The van der Waals surface area contributed by atoms with Crippen molar-refractivity contribution in [2.45, 2.75) is 45.0 Å². The van der Waals surface area contributed by atoms with Crippen molar-refractivity contribution in [3.8, 4) is 0 Å². The van der Waals surface area contributed by atoms with Crippen LogP contribution in [0.25, 0.3) is 0 Å². The molecule has 0 aromatic heterocycles. The molecule has 1 rings (SSSR count). The molecule has 0 radical (unpaired) electrons. The fourth-order valence-corrected chi connectivity index (χ4v) is 5.05. The minimum atomic E-state index is -3.82. The van der Waals surface area contributed by atoms with E-state index in [0.717, 1.165) is 11.8 Å². The average molecular weight is 484 g/mol. The molecule has 0 aliphatic carbocycles. The predicted octanol–water partition coefficient (Wildman–Crippen LogP) is 0.856. The van der Waals surface area contributed by atoms with Gasteiger partial charge in [-0.1, -0.05) is 13.8 Å². The van der Waals surface area contributed by atoms with Gasteiger partial charge in [0.2, 0.25) is 11.8 Å². The Morgan fingerprint density at radius 3 is 2.48 bits per heavy atom. The molecule has 0 spiro atoms. The molecule has 1 aliphatic heterocycles. The number of hydrogen-bond acceptors (Lipinski definition) is 9. The summed E-state index contributed by atoms with van der Waals surface area (Å²) in [6.45, 7) is 5.29. The molecule has 0 aromatic rings. The van der Waals surface area contributed by atoms with Crippen LogP contribution in [-0.4, -0.2) is 77.4 Å². The van der Waals surface area contributed by atoms with Crippen molar-refractivity contribution in [2.24, 2.45) is 5.41 Å². The second-order valence-electron chi connectivity index (χ2n) is 7.30. The summed E-state index contributed by atoms with van der Waals surface area (Å²) in [4.78, 5) is 45.9. The number of carboxylic acids is 2. The van der Waals surface area contributed by atoms with Gasteiger partial charge < -0.3 is 20.8 Å². The van der Waals surface area contributed by atoms with E-state index in [1.807, 2.05) is 0 Å². The average Bonchev–Trinajstić information content (AvgIpc) is 2.66. The maximum atomic E-state index is 12.5. The molecule has 1 heterocycles. The highest BCUT2D eigenvalue weighted by Crippen LogP contribution is 2.57. The number of carboxylic acid groups (broad SMARTS) is 2. The van der Waals surface area contributed by atoms with Crippen molar-refractivity contribution in [3.63, 3.8) is 0 Å². The topological polar surface area (TPSA) is 178 Å². The number of amides is 2. The molecule has 1 fully saturated rings. The molecule has 178 valence electrons. The lowest BCUT2D eigenvalue weighted by atomic mass is 9.87. The van der Waals surface area contributed by atoms with Crippen LogP contribution >= 0.6 is 19.6 Å². The summed E-state index contributed by atoms with van der Waals surface area (Å²) in [5.74, 6) is -3.14. The summed E-state index contributed by atoms with van der Waals surface area (Å²) >= 11 is 0.919. The third-order valence-corrected chi connectivity index (χ3v) is 6.79. The molecular formula is C17H29N2O10PS. The highest BCUT2D eigenvalue weighted by Gasteiger charge is 2.48. The van der Waals surface area contributed by atoms with Gasteiger partial charge in [-0.3, -0.25) is 32.7 Å². The largest absolute Gasteiger partial charge is 0.481 e. The van der Waals surface area contributed by atoms with Gasteiger partial charge in [-0.15, -0.1) is 11.8 Å². The summed E-state index contributed by atoms with van der Waals surface area (Å²) in [6, 6.07) is 0. The molecule has 1 saturated heterocycles. The summed E-state index contributed by atoms with van der Waals surface area (Å²) in [5.41, 5.74) is -0.759. The van der Waals surface area contributed by atoms with E-state index < -0.39 is 48.9 Å². The molecule has 12 nitrogen and oxygen atoms in total. The Balaban J connectivity index is 2.37. The number of rotatable bonds is 13. The molecule has 3 atom stereocenters. The maximum absolute atomic E-state index is 12.5. The Kier molecular flexibility index (Phi) is 10.9. The minimum absolute atomic E-state index is 0.000265. The highest BCUT2D eigenvalue weighted by atomic mass is 32.2. The van der Waals surface area contributed by atoms with Crippen LogP contribution in [0.4, 0.5) is 0 Å². The monoisotopic (exact) mass is 484 g/mol. The lowest BCUT2D eigenvalue weighted by molar-refractivity contribution is -0.142. The zero-order valence-electron chi connectivity index (χ0n) is 17.6. The third-order valence-electron chi connectivity index (χ3n) is 4.09. The fraction of sp³-hybridized carbons (Fsp3) is 0.765. The summed E-state index contributed by atoms with van der Waals surface area (Å²) in [5, 5.41) is 21.7. The summed E-state index contributed by atoms with van der Waals surface area (Å²) in [7, 11) is -3.82. The first-order valence-corrected chi connectivity index (χ1v) is 12.1. The molecule has 0 saturated carbocycles. The van der Waals surface area contributed by atoms with E-state index in [1.165, 1.54) is 0 Å². The molecule has 1 aliphatic rings. The van der Waals surface area contributed by atoms with Crippen molar-refractivity contribution < 1.29 is 47.5 Å². The molecular weight excluding hydrogens is 455 g/mol. The Morgan fingerprint density at radius 2 is 1.90 bits per heavy atom. The van der Waals surface area contributed by atoms with Gasteiger partial charge in [0, 0.05) is 30.7 Å². The lowest BCUT2D eigenvalue weighted by Gasteiger charge is -2.39. The Hall–Kier alpha value is -1.66. The number of carbonyl (C=O) groups excluding carboxylic acids is 2.